The van der Waals surface area contributed by atoms with Gasteiger partial charge < -0.3 is 10.0 Å². The summed E-state index contributed by atoms with van der Waals surface area (Å²) < 4.78 is 1.42. The van der Waals surface area contributed by atoms with Gasteiger partial charge >= 0.3 is 0 Å². The molecule has 0 aliphatic heterocycles. The summed E-state index contributed by atoms with van der Waals surface area (Å²) in [5, 5.41) is 9.28. The fourth-order valence-electron chi connectivity index (χ4n) is 2.73. The number of rotatable bonds is 6. The Bertz CT molecular complexity index is 922. The van der Waals surface area contributed by atoms with Crippen molar-refractivity contribution in [1.82, 2.24) is 14.5 Å². The minimum absolute atomic E-state index is 0.0886. The molecule has 0 fully saturated rings. The number of benzene rings is 2. The summed E-state index contributed by atoms with van der Waals surface area (Å²) in [6, 6.07) is 16.8. The first kappa shape index (κ1) is 16.9. The molecule has 0 unspecified atom stereocenters. The van der Waals surface area contributed by atoms with E-state index in [4.69, 9.17) is 0 Å². The molecule has 1 N–H and O–H groups in total. The van der Waals surface area contributed by atoms with Gasteiger partial charge in [0.05, 0.1) is 23.8 Å². The molecule has 1 aromatic heterocycles. The average Bonchev–Trinajstić information content (AvgIpc) is 2.64. The Hall–Kier alpha value is -2.99. The SMILES string of the molecule is O=C(Cn1c(=O)cnc2ccccc21)N(CCO)Cc1ccccc1. The molecule has 25 heavy (non-hydrogen) atoms. The maximum absolute atomic E-state index is 12.7. The van der Waals surface area contributed by atoms with E-state index in [2.05, 4.69) is 4.98 Å². The smallest absolute Gasteiger partial charge is 0.269 e. The van der Waals surface area contributed by atoms with Crippen molar-refractivity contribution >= 4 is 16.9 Å². The lowest BCUT2D eigenvalue weighted by Gasteiger charge is -2.22. The van der Waals surface area contributed by atoms with Gasteiger partial charge in [-0.2, -0.15) is 0 Å². The second kappa shape index (κ2) is 7.72. The first-order chi connectivity index (χ1) is 12.2. The van der Waals surface area contributed by atoms with Crippen molar-refractivity contribution in [2.45, 2.75) is 13.1 Å². The zero-order valence-corrected chi connectivity index (χ0v) is 13.7. The van der Waals surface area contributed by atoms with Gasteiger partial charge in [-0.05, 0) is 17.7 Å². The number of carbonyl (C=O) groups is 1. The fourth-order valence-corrected chi connectivity index (χ4v) is 2.73. The van der Waals surface area contributed by atoms with Crippen molar-refractivity contribution in [2.75, 3.05) is 13.2 Å². The Kier molecular flexibility index (Phi) is 5.20. The second-order valence-corrected chi connectivity index (χ2v) is 5.70. The van der Waals surface area contributed by atoms with Crippen LogP contribution < -0.4 is 5.56 Å². The zero-order valence-electron chi connectivity index (χ0n) is 13.7. The van der Waals surface area contributed by atoms with Gasteiger partial charge in [-0.1, -0.05) is 42.5 Å². The third-order valence-corrected chi connectivity index (χ3v) is 3.98. The number of hydrogen-bond acceptors (Lipinski definition) is 4. The van der Waals surface area contributed by atoms with Crippen molar-refractivity contribution < 1.29 is 9.90 Å². The molecule has 3 aromatic rings. The van der Waals surface area contributed by atoms with Gasteiger partial charge in [0, 0.05) is 13.1 Å². The molecule has 1 heterocycles. The highest BCUT2D eigenvalue weighted by molar-refractivity contribution is 5.80. The zero-order chi connectivity index (χ0) is 17.6. The third-order valence-electron chi connectivity index (χ3n) is 3.98. The summed E-state index contributed by atoms with van der Waals surface area (Å²) >= 11 is 0. The van der Waals surface area contributed by atoms with E-state index in [1.165, 1.54) is 10.8 Å². The van der Waals surface area contributed by atoms with Crippen LogP contribution in [0.1, 0.15) is 5.56 Å². The quantitative estimate of drug-likeness (QED) is 0.738. The summed E-state index contributed by atoms with van der Waals surface area (Å²) in [5.41, 5.74) is 1.92. The topological polar surface area (TPSA) is 75.4 Å². The number of carbonyl (C=O) groups excluding carboxylic acids is 1. The van der Waals surface area contributed by atoms with Crippen LogP contribution in [-0.4, -0.2) is 38.6 Å². The number of amides is 1. The molecule has 128 valence electrons. The standard InChI is InChI=1S/C19H19N3O3/c23-11-10-21(13-15-6-2-1-3-7-15)19(25)14-22-17-9-5-4-8-16(17)20-12-18(22)24/h1-9,12,23H,10-11,13-14H2. The molecule has 6 nitrogen and oxygen atoms in total. The molecule has 0 aliphatic carbocycles. The maximum Gasteiger partial charge on any atom is 0.269 e. The van der Waals surface area contributed by atoms with Crippen LogP contribution in [-0.2, 0) is 17.9 Å². The first-order valence-corrected chi connectivity index (χ1v) is 8.06. The van der Waals surface area contributed by atoms with Gasteiger partial charge in [0.1, 0.15) is 6.54 Å². The normalized spacial score (nSPS) is 10.8. The van der Waals surface area contributed by atoms with E-state index in [9.17, 15) is 14.7 Å². The second-order valence-electron chi connectivity index (χ2n) is 5.70. The van der Waals surface area contributed by atoms with Crippen molar-refractivity contribution in [3.05, 3.63) is 76.7 Å². The van der Waals surface area contributed by atoms with Gasteiger partial charge in [0.25, 0.3) is 5.56 Å². The molecule has 3 rings (SSSR count). The molecule has 0 saturated heterocycles. The number of aliphatic hydroxyl groups excluding tert-OH is 1. The van der Waals surface area contributed by atoms with E-state index in [-0.39, 0.29) is 31.2 Å². The Balaban J connectivity index is 1.87. The number of aliphatic hydroxyl groups is 1. The number of hydrogen-bond donors (Lipinski definition) is 1. The summed E-state index contributed by atoms with van der Waals surface area (Å²) in [7, 11) is 0. The van der Waals surface area contributed by atoms with Crippen LogP contribution in [0.5, 0.6) is 0 Å². The van der Waals surface area contributed by atoms with Crippen LogP contribution in [0.15, 0.2) is 65.6 Å². The van der Waals surface area contributed by atoms with Crippen LogP contribution >= 0.6 is 0 Å². The lowest BCUT2D eigenvalue weighted by molar-refractivity contribution is -0.133. The van der Waals surface area contributed by atoms with Gasteiger partial charge in [-0.3, -0.25) is 14.2 Å². The Morgan fingerprint density at radius 1 is 1.08 bits per heavy atom. The summed E-state index contributed by atoms with van der Waals surface area (Å²) in [4.78, 5) is 30.6. The van der Waals surface area contributed by atoms with Crippen molar-refractivity contribution in [1.29, 1.82) is 0 Å². The minimum atomic E-state index is -0.323. The fraction of sp³-hybridized carbons (Fsp3) is 0.211. The molecule has 6 heteroatoms. The molecule has 0 radical (unpaired) electrons. The number of aromatic nitrogens is 2. The predicted octanol–water partition coefficient (Wildman–Crippen LogP) is 1.42. The highest BCUT2D eigenvalue weighted by Crippen LogP contribution is 2.10. The molecule has 0 bridgehead atoms. The van der Waals surface area contributed by atoms with E-state index in [0.29, 0.717) is 17.6 Å². The monoisotopic (exact) mass is 337 g/mol. The Morgan fingerprint density at radius 2 is 1.80 bits per heavy atom. The van der Waals surface area contributed by atoms with Gasteiger partial charge in [-0.25, -0.2) is 4.98 Å². The molecule has 1 amide bonds. The Morgan fingerprint density at radius 3 is 2.56 bits per heavy atom. The molecular formula is C19H19N3O3. The molecule has 0 atom stereocenters. The summed E-state index contributed by atoms with van der Waals surface area (Å²) in [5.74, 6) is -0.226. The average molecular weight is 337 g/mol. The van der Waals surface area contributed by atoms with E-state index in [0.717, 1.165) is 5.56 Å². The highest BCUT2D eigenvalue weighted by atomic mass is 16.3. The lowest BCUT2D eigenvalue weighted by Crippen LogP contribution is -2.38. The molecule has 2 aromatic carbocycles. The number of fused-ring (bicyclic) bond motifs is 1. The van der Waals surface area contributed by atoms with Crippen molar-refractivity contribution in [2.24, 2.45) is 0 Å². The summed E-state index contributed by atoms with van der Waals surface area (Å²) in [6.07, 6.45) is 1.23. The van der Waals surface area contributed by atoms with E-state index in [1.54, 1.807) is 23.1 Å². The van der Waals surface area contributed by atoms with Crippen molar-refractivity contribution in [3.8, 4) is 0 Å². The van der Waals surface area contributed by atoms with Gasteiger partial charge in [0.15, 0.2) is 0 Å². The highest BCUT2D eigenvalue weighted by Gasteiger charge is 2.16. The minimum Gasteiger partial charge on any atom is -0.395 e. The number of para-hydroxylation sites is 2. The largest absolute Gasteiger partial charge is 0.395 e. The van der Waals surface area contributed by atoms with Crippen LogP contribution in [0.3, 0.4) is 0 Å². The first-order valence-electron chi connectivity index (χ1n) is 8.06. The molecule has 0 aliphatic rings. The van der Waals surface area contributed by atoms with E-state index < -0.39 is 0 Å². The molecular weight excluding hydrogens is 318 g/mol. The van der Waals surface area contributed by atoms with Crippen molar-refractivity contribution in [3.63, 3.8) is 0 Å². The van der Waals surface area contributed by atoms with Crippen LogP contribution in [0.25, 0.3) is 11.0 Å². The van der Waals surface area contributed by atoms with Crippen LogP contribution in [0, 0.1) is 0 Å². The third kappa shape index (κ3) is 3.92. The predicted molar refractivity (Wildman–Crippen MR) is 94.9 cm³/mol. The van der Waals surface area contributed by atoms with E-state index in [1.807, 2.05) is 36.4 Å². The molecule has 0 spiro atoms. The van der Waals surface area contributed by atoms with Crippen LogP contribution in [0.2, 0.25) is 0 Å². The van der Waals surface area contributed by atoms with Gasteiger partial charge in [0.2, 0.25) is 5.91 Å². The van der Waals surface area contributed by atoms with Gasteiger partial charge in [-0.15, -0.1) is 0 Å². The Labute approximate surface area is 145 Å². The summed E-state index contributed by atoms with van der Waals surface area (Å²) in [6.45, 7) is 0.378. The van der Waals surface area contributed by atoms with Crippen LogP contribution in [0.4, 0.5) is 0 Å². The number of nitrogens with zero attached hydrogens (tertiary/aromatic N) is 3. The lowest BCUT2D eigenvalue weighted by atomic mass is 10.2. The molecule has 0 saturated carbocycles. The van der Waals surface area contributed by atoms with E-state index >= 15 is 0 Å². The maximum atomic E-state index is 12.7.